The first-order valence-corrected chi connectivity index (χ1v) is 10.6. The van der Waals surface area contributed by atoms with Gasteiger partial charge < -0.3 is 4.42 Å². The summed E-state index contributed by atoms with van der Waals surface area (Å²) < 4.78 is 93.4. The topological polar surface area (TPSA) is 84.7 Å². The minimum atomic E-state index is -4.67. The second-order valence-corrected chi connectivity index (χ2v) is 10.1. The number of hydrogen-bond donors (Lipinski definition) is 0. The fourth-order valence-electron chi connectivity index (χ4n) is 2.52. The van der Waals surface area contributed by atoms with Crippen LogP contribution in [-0.4, -0.2) is 39.5 Å². The first kappa shape index (κ1) is 18.9. The molecule has 26 heavy (non-hydrogen) atoms. The largest absolute Gasteiger partial charge is 0.468 e. The van der Waals surface area contributed by atoms with E-state index in [0.29, 0.717) is 6.07 Å². The molecule has 1 aliphatic heterocycles. The molecule has 2 heterocycles. The number of benzene rings is 1. The molecular weight excluding hydrogens is 395 g/mol. The lowest BCUT2D eigenvalue weighted by molar-refractivity contribution is -0.137. The van der Waals surface area contributed by atoms with Crippen LogP contribution >= 0.6 is 0 Å². The van der Waals surface area contributed by atoms with Gasteiger partial charge in [-0.05, 0) is 30.3 Å². The van der Waals surface area contributed by atoms with E-state index in [9.17, 15) is 30.0 Å². The van der Waals surface area contributed by atoms with Crippen molar-refractivity contribution in [3.05, 3.63) is 54.0 Å². The van der Waals surface area contributed by atoms with Crippen molar-refractivity contribution in [2.75, 3.05) is 13.1 Å². The normalized spacial score (nSPS) is 17.2. The van der Waals surface area contributed by atoms with E-state index in [1.807, 2.05) is 0 Å². The summed E-state index contributed by atoms with van der Waals surface area (Å²) in [6, 6.07) is 6.39. The Morgan fingerprint density at radius 3 is 2.35 bits per heavy atom. The SMILES string of the molecule is O=S(=O)(Cc1ccco1)C1CN(S(=O)(=O)c2cccc(C(F)(F)F)c2)C1. The first-order valence-electron chi connectivity index (χ1n) is 7.41. The monoisotopic (exact) mass is 409 g/mol. The Labute approximate surface area is 148 Å². The van der Waals surface area contributed by atoms with E-state index in [0.717, 1.165) is 22.5 Å². The van der Waals surface area contributed by atoms with Crippen LogP contribution in [0.4, 0.5) is 13.2 Å². The zero-order chi connectivity index (χ0) is 19.2. The van der Waals surface area contributed by atoms with E-state index >= 15 is 0 Å². The Balaban J connectivity index is 1.74. The minimum Gasteiger partial charge on any atom is -0.468 e. The molecular formula is C15H14F3NO5S2. The van der Waals surface area contributed by atoms with E-state index in [4.69, 9.17) is 4.42 Å². The Bertz CT molecular complexity index is 992. The van der Waals surface area contributed by atoms with Gasteiger partial charge >= 0.3 is 6.18 Å². The molecule has 0 amide bonds. The second-order valence-electron chi connectivity index (χ2n) is 5.86. The lowest BCUT2D eigenvalue weighted by atomic mass is 10.2. The predicted molar refractivity (Wildman–Crippen MR) is 85.3 cm³/mol. The van der Waals surface area contributed by atoms with E-state index in [2.05, 4.69) is 0 Å². The Morgan fingerprint density at radius 1 is 1.08 bits per heavy atom. The summed E-state index contributed by atoms with van der Waals surface area (Å²) in [5.41, 5.74) is -1.08. The van der Waals surface area contributed by atoms with Crippen molar-refractivity contribution in [2.24, 2.45) is 0 Å². The highest BCUT2D eigenvalue weighted by molar-refractivity contribution is 7.92. The molecule has 1 aromatic carbocycles. The number of sulfonamides is 1. The smallest absolute Gasteiger partial charge is 0.416 e. The molecule has 1 fully saturated rings. The number of furan rings is 1. The van der Waals surface area contributed by atoms with E-state index in [1.54, 1.807) is 0 Å². The third-order valence-corrected chi connectivity index (χ3v) is 7.87. The van der Waals surface area contributed by atoms with Crippen LogP contribution < -0.4 is 0 Å². The maximum absolute atomic E-state index is 12.8. The highest BCUT2D eigenvalue weighted by Crippen LogP contribution is 2.32. The first-order chi connectivity index (χ1) is 12.0. The van der Waals surface area contributed by atoms with Crippen molar-refractivity contribution in [3.63, 3.8) is 0 Å². The standard InChI is InChI=1S/C15H14F3NO5S2/c16-15(17,18)11-3-1-5-13(7-11)26(22,23)19-8-14(9-19)25(20,21)10-12-4-2-6-24-12/h1-7,14H,8-10H2. The molecule has 0 bridgehead atoms. The third-order valence-electron chi connectivity index (χ3n) is 4.05. The maximum Gasteiger partial charge on any atom is 0.416 e. The van der Waals surface area contributed by atoms with E-state index in [-0.39, 0.29) is 24.6 Å². The molecule has 142 valence electrons. The van der Waals surface area contributed by atoms with Crippen LogP contribution in [0.1, 0.15) is 11.3 Å². The fraction of sp³-hybridized carbons (Fsp3) is 0.333. The van der Waals surface area contributed by atoms with Crippen LogP contribution in [0.3, 0.4) is 0 Å². The zero-order valence-electron chi connectivity index (χ0n) is 13.2. The summed E-state index contributed by atoms with van der Waals surface area (Å²) >= 11 is 0. The average molecular weight is 409 g/mol. The number of sulfone groups is 1. The highest BCUT2D eigenvalue weighted by atomic mass is 32.2. The third kappa shape index (κ3) is 3.64. The van der Waals surface area contributed by atoms with Gasteiger partial charge in [0.15, 0.2) is 9.84 Å². The van der Waals surface area contributed by atoms with Crippen molar-refractivity contribution in [1.82, 2.24) is 4.31 Å². The van der Waals surface area contributed by atoms with Gasteiger partial charge in [0, 0.05) is 13.1 Å². The van der Waals surface area contributed by atoms with Gasteiger partial charge in [0.05, 0.1) is 22.0 Å². The van der Waals surface area contributed by atoms with Gasteiger partial charge in [0.25, 0.3) is 0 Å². The van der Waals surface area contributed by atoms with Crippen molar-refractivity contribution in [2.45, 2.75) is 22.1 Å². The Kier molecular flexibility index (Phi) is 4.65. The molecule has 0 unspecified atom stereocenters. The van der Waals surface area contributed by atoms with Crippen molar-refractivity contribution in [3.8, 4) is 0 Å². The lowest BCUT2D eigenvalue weighted by Crippen LogP contribution is -2.56. The molecule has 0 saturated carbocycles. The van der Waals surface area contributed by atoms with Gasteiger partial charge in [-0.25, -0.2) is 16.8 Å². The van der Waals surface area contributed by atoms with Gasteiger partial charge in [-0.2, -0.15) is 17.5 Å². The number of hydrogen-bond acceptors (Lipinski definition) is 5. The van der Waals surface area contributed by atoms with Crippen molar-refractivity contribution in [1.29, 1.82) is 0 Å². The van der Waals surface area contributed by atoms with Crippen LogP contribution in [0.15, 0.2) is 52.0 Å². The number of rotatable bonds is 5. The van der Waals surface area contributed by atoms with Crippen molar-refractivity contribution >= 4 is 19.9 Å². The second kappa shape index (κ2) is 6.39. The molecule has 0 spiro atoms. The molecule has 0 radical (unpaired) electrons. The Hall–Kier alpha value is -1.85. The molecule has 1 aromatic heterocycles. The zero-order valence-corrected chi connectivity index (χ0v) is 14.8. The van der Waals surface area contributed by atoms with Gasteiger partial charge in [0.1, 0.15) is 11.5 Å². The summed E-state index contributed by atoms with van der Waals surface area (Å²) in [6.45, 7) is -0.608. The molecule has 11 heteroatoms. The predicted octanol–water partition coefficient (Wildman–Crippen LogP) is 2.29. The quantitative estimate of drug-likeness (QED) is 0.757. The lowest BCUT2D eigenvalue weighted by Gasteiger charge is -2.37. The summed E-state index contributed by atoms with van der Waals surface area (Å²) in [4.78, 5) is -0.519. The molecule has 6 nitrogen and oxygen atoms in total. The molecule has 2 aromatic rings. The summed E-state index contributed by atoms with van der Waals surface area (Å²) in [6.07, 6.45) is -3.34. The van der Waals surface area contributed by atoms with Crippen molar-refractivity contribution < 1.29 is 34.4 Å². The van der Waals surface area contributed by atoms with Crippen LogP contribution in [0.25, 0.3) is 0 Å². The minimum absolute atomic E-state index is 0.240. The van der Waals surface area contributed by atoms with Crippen LogP contribution in [0.5, 0.6) is 0 Å². The average Bonchev–Trinajstić information content (AvgIpc) is 2.96. The molecule has 0 N–H and O–H groups in total. The molecule has 1 aliphatic rings. The molecule has 1 saturated heterocycles. The van der Waals surface area contributed by atoms with E-state index in [1.165, 1.54) is 18.4 Å². The molecule has 0 atom stereocenters. The molecule has 3 rings (SSSR count). The van der Waals surface area contributed by atoms with Crippen LogP contribution in [-0.2, 0) is 31.8 Å². The van der Waals surface area contributed by atoms with Gasteiger partial charge in [-0.15, -0.1) is 0 Å². The highest BCUT2D eigenvalue weighted by Gasteiger charge is 2.44. The van der Waals surface area contributed by atoms with Gasteiger partial charge in [-0.3, -0.25) is 0 Å². The Morgan fingerprint density at radius 2 is 1.77 bits per heavy atom. The number of halogens is 3. The van der Waals surface area contributed by atoms with Gasteiger partial charge in [-0.1, -0.05) is 6.07 Å². The van der Waals surface area contributed by atoms with Crippen LogP contribution in [0, 0.1) is 0 Å². The number of alkyl halides is 3. The van der Waals surface area contributed by atoms with Crippen LogP contribution in [0.2, 0.25) is 0 Å². The fourth-order valence-corrected chi connectivity index (χ4v) is 5.89. The maximum atomic E-state index is 12.8. The summed E-state index contributed by atoms with van der Waals surface area (Å²) in [5, 5.41) is -0.923. The van der Waals surface area contributed by atoms with E-state index < -0.39 is 41.7 Å². The molecule has 0 aliphatic carbocycles. The van der Waals surface area contributed by atoms with Gasteiger partial charge in [0.2, 0.25) is 10.0 Å². The number of nitrogens with zero attached hydrogens (tertiary/aromatic N) is 1. The summed E-state index contributed by atoms with van der Waals surface area (Å²) in [7, 11) is -7.83. The summed E-state index contributed by atoms with van der Waals surface area (Å²) in [5.74, 6) is -0.119.